The van der Waals surface area contributed by atoms with Gasteiger partial charge in [0, 0.05) is 31.0 Å². The normalized spacial score (nSPS) is 10.2. The van der Waals surface area contributed by atoms with Gasteiger partial charge in [0.15, 0.2) is 0 Å². The van der Waals surface area contributed by atoms with Gasteiger partial charge >= 0.3 is 0 Å². The molecule has 0 aromatic carbocycles. The third kappa shape index (κ3) is 2.91. The van der Waals surface area contributed by atoms with E-state index in [1.54, 1.807) is 17.7 Å². The third-order valence-corrected chi connectivity index (χ3v) is 3.11. The van der Waals surface area contributed by atoms with E-state index in [0.717, 1.165) is 35.9 Å². The first-order valence-electron chi connectivity index (χ1n) is 5.41. The molecule has 2 aromatic rings. The van der Waals surface area contributed by atoms with Crippen LogP contribution < -0.4 is 10.6 Å². The van der Waals surface area contributed by atoms with Crippen molar-refractivity contribution in [2.24, 2.45) is 0 Å². The first-order valence-corrected chi connectivity index (χ1v) is 6.36. The lowest BCUT2D eigenvalue weighted by Crippen LogP contribution is -2.09. The lowest BCUT2D eigenvalue weighted by molar-refractivity contribution is 0.960. The summed E-state index contributed by atoms with van der Waals surface area (Å²) in [7, 11) is 1.86. The fraction of sp³-hybridized carbons (Fsp3) is 0.364. The van der Waals surface area contributed by atoms with E-state index in [1.165, 1.54) is 0 Å². The van der Waals surface area contributed by atoms with Crippen LogP contribution in [0.25, 0.3) is 0 Å². The molecule has 0 radical (unpaired) electrons. The van der Waals surface area contributed by atoms with Gasteiger partial charge < -0.3 is 10.6 Å². The molecule has 2 aromatic heterocycles. The molecule has 0 spiro atoms. The Kier molecular flexibility index (Phi) is 3.87. The van der Waals surface area contributed by atoms with E-state index in [1.807, 2.05) is 19.5 Å². The van der Waals surface area contributed by atoms with Crippen molar-refractivity contribution in [1.82, 2.24) is 15.0 Å². The molecule has 0 bridgehead atoms. The van der Waals surface area contributed by atoms with Gasteiger partial charge in [0.25, 0.3) is 0 Å². The summed E-state index contributed by atoms with van der Waals surface area (Å²) in [6.07, 6.45) is 2.46. The van der Waals surface area contributed by atoms with Crippen LogP contribution in [0.4, 0.5) is 11.6 Å². The number of anilines is 2. The summed E-state index contributed by atoms with van der Waals surface area (Å²) in [4.78, 5) is 12.6. The lowest BCUT2D eigenvalue weighted by Gasteiger charge is -2.10. The summed E-state index contributed by atoms with van der Waals surface area (Å²) in [5.74, 6) is 1.73. The highest BCUT2D eigenvalue weighted by Crippen LogP contribution is 2.17. The number of hydrogen-bond donors (Lipinski definition) is 2. The second-order valence-electron chi connectivity index (χ2n) is 3.60. The Bertz CT molecular complexity index is 469. The molecule has 0 saturated heterocycles. The highest BCUT2D eigenvalue weighted by atomic mass is 32.1. The van der Waals surface area contributed by atoms with Gasteiger partial charge in [-0.15, -0.1) is 11.3 Å². The van der Waals surface area contributed by atoms with Gasteiger partial charge in [-0.05, 0) is 6.92 Å². The van der Waals surface area contributed by atoms with Crippen molar-refractivity contribution >= 4 is 23.0 Å². The fourth-order valence-electron chi connectivity index (χ4n) is 1.55. The van der Waals surface area contributed by atoms with Crippen LogP contribution >= 0.6 is 11.3 Å². The smallest absolute Gasteiger partial charge is 0.134 e. The summed E-state index contributed by atoms with van der Waals surface area (Å²) < 4.78 is 0. The molecule has 0 saturated carbocycles. The summed E-state index contributed by atoms with van der Waals surface area (Å²) in [6.45, 7) is 2.82. The van der Waals surface area contributed by atoms with Crippen LogP contribution in [0.1, 0.15) is 11.3 Å². The van der Waals surface area contributed by atoms with Gasteiger partial charge in [-0.3, -0.25) is 0 Å². The Morgan fingerprint density at radius 2 is 2.06 bits per heavy atom. The van der Waals surface area contributed by atoms with Crippen molar-refractivity contribution in [3.63, 3.8) is 0 Å². The van der Waals surface area contributed by atoms with E-state index < -0.39 is 0 Å². The standard InChI is InChI=1S/C11H15N5S/c1-8-10(12-2)14-6-15-11(8)13-4-3-9-5-17-7-16-9/h5-7H,3-4H2,1-2H3,(H2,12,13,14,15). The molecular formula is C11H15N5S. The Morgan fingerprint density at radius 1 is 1.24 bits per heavy atom. The molecule has 2 heterocycles. The lowest BCUT2D eigenvalue weighted by atomic mass is 10.3. The van der Waals surface area contributed by atoms with Crippen molar-refractivity contribution in [3.8, 4) is 0 Å². The molecule has 2 rings (SSSR count). The SMILES string of the molecule is CNc1ncnc(NCCc2cscn2)c1C. The van der Waals surface area contributed by atoms with Crippen molar-refractivity contribution < 1.29 is 0 Å². The number of nitrogens with zero attached hydrogens (tertiary/aromatic N) is 3. The molecule has 0 aliphatic carbocycles. The van der Waals surface area contributed by atoms with Crippen LogP contribution in [-0.4, -0.2) is 28.5 Å². The van der Waals surface area contributed by atoms with Gasteiger partial charge in [0.2, 0.25) is 0 Å². The largest absolute Gasteiger partial charge is 0.373 e. The van der Waals surface area contributed by atoms with Crippen LogP contribution in [-0.2, 0) is 6.42 Å². The minimum absolute atomic E-state index is 0.824. The van der Waals surface area contributed by atoms with E-state index in [-0.39, 0.29) is 0 Å². The highest BCUT2D eigenvalue weighted by molar-refractivity contribution is 7.07. The minimum Gasteiger partial charge on any atom is -0.373 e. The Morgan fingerprint density at radius 3 is 2.76 bits per heavy atom. The Hall–Kier alpha value is -1.69. The van der Waals surface area contributed by atoms with Gasteiger partial charge in [-0.25, -0.2) is 15.0 Å². The molecular weight excluding hydrogens is 234 g/mol. The quantitative estimate of drug-likeness (QED) is 0.848. The second kappa shape index (κ2) is 5.58. The molecule has 0 aliphatic heterocycles. The molecule has 0 atom stereocenters. The number of rotatable bonds is 5. The summed E-state index contributed by atoms with van der Waals surface area (Å²) in [6, 6.07) is 0. The third-order valence-electron chi connectivity index (χ3n) is 2.48. The van der Waals surface area contributed by atoms with Crippen LogP contribution in [0.5, 0.6) is 0 Å². The van der Waals surface area contributed by atoms with Crippen molar-refractivity contribution in [2.45, 2.75) is 13.3 Å². The van der Waals surface area contributed by atoms with Gasteiger partial charge in [-0.1, -0.05) is 0 Å². The topological polar surface area (TPSA) is 62.7 Å². The first kappa shape index (κ1) is 11.8. The van der Waals surface area contributed by atoms with Crippen molar-refractivity contribution in [2.75, 3.05) is 24.2 Å². The molecule has 0 aliphatic rings. The molecule has 90 valence electrons. The number of hydrogen-bond acceptors (Lipinski definition) is 6. The van der Waals surface area contributed by atoms with E-state index >= 15 is 0 Å². The molecule has 0 unspecified atom stereocenters. The zero-order chi connectivity index (χ0) is 12.1. The molecule has 5 nitrogen and oxygen atoms in total. The molecule has 17 heavy (non-hydrogen) atoms. The van der Waals surface area contributed by atoms with Gasteiger partial charge in [0.1, 0.15) is 18.0 Å². The number of nitrogens with one attached hydrogen (secondary N) is 2. The maximum Gasteiger partial charge on any atom is 0.134 e. The molecule has 2 N–H and O–H groups in total. The number of aromatic nitrogens is 3. The van der Waals surface area contributed by atoms with Crippen LogP contribution in [0.15, 0.2) is 17.2 Å². The van der Waals surface area contributed by atoms with Crippen molar-refractivity contribution in [1.29, 1.82) is 0 Å². The number of thiazole rings is 1. The van der Waals surface area contributed by atoms with Crippen LogP contribution in [0.3, 0.4) is 0 Å². The highest BCUT2D eigenvalue weighted by Gasteiger charge is 2.04. The van der Waals surface area contributed by atoms with E-state index in [2.05, 4.69) is 31.0 Å². The zero-order valence-electron chi connectivity index (χ0n) is 9.90. The predicted molar refractivity (Wildman–Crippen MR) is 70.6 cm³/mol. The maximum atomic E-state index is 4.24. The monoisotopic (exact) mass is 249 g/mol. The van der Waals surface area contributed by atoms with E-state index in [0.29, 0.717) is 0 Å². The van der Waals surface area contributed by atoms with Gasteiger partial charge in [-0.2, -0.15) is 0 Å². The maximum absolute atomic E-state index is 4.24. The second-order valence-corrected chi connectivity index (χ2v) is 4.32. The summed E-state index contributed by atoms with van der Waals surface area (Å²) in [5.41, 5.74) is 4.00. The first-order chi connectivity index (χ1) is 8.31. The van der Waals surface area contributed by atoms with Crippen molar-refractivity contribution in [3.05, 3.63) is 28.5 Å². The molecule has 0 fully saturated rings. The molecule has 0 amide bonds. The average molecular weight is 249 g/mol. The fourth-order valence-corrected chi connectivity index (χ4v) is 2.14. The zero-order valence-corrected chi connectivity index (χ0v) is 10.7. The predicted octanol–water partition coefficient (Wildman–Crippen LogP) is 1.94. The minimum atomic E-state index is 0.824. The van der Waals surface area contributed by atoms with E-state index in [4.69, 9.17) is 0 Å². The summed E-state index contributed by atoms with van der Waals surface area (Å²) >= 11 is 1.62. The van der Waals surface area contributed by atoms with Crippen LogP contribution in [0, 0.1) is 6.92 Å². The van der Waals surface area contributed by atoms with Gasteiger partial charge in [0.05, 0.1) is 11.2 Å². The Labute approximate surface area is 104 Å². The average Bonchev–Trinajstić information content (AvgIpc) is 2.84. The summed E-state index contributed by atoms with van der Waals surface area (Å²) in [5, 5.41) is 8.40. The Balaban J connectivity index is 1.95. The molecule has 6 heteroatoms. The van der Waals surface area contributed by atoms with E-state index in [9.17, 15) is 0 Å². The van der Waals surface area contributed by atoms with Crippen LogP contribution in [0.2, 0.25) is 0 Å².